The first-order valence-electron chi connectivity index (χ1n) is 5.88. The highest BCUT2D eigenvalue weighted by Crippen LogP contribution is 2.31. The molecule has 0 amide bonds. The summed E-state index contributed by atoms with van der Waals surface area (Å²) in [6.45, 7) is 3.78. The quantitative estimate of drug-likeness (QED) is 0.682. The van der Waals surface area contributed by atoms with Gasteiger partial charge in [-0.3, -0.25) is 0 Å². The Morgan fingerprint density at radius 1 is 1.56 bits per heavy atom. The van der Waals surface area contributed by atoms with Crippen LogP contribution < -0.4 is 10.8 Å². The van der Waals surface area contributed by atoms with Gasteiger partial charge in [0.1, 0.15) is 5.54 Å². The number of nitrogens with one attached hydrogen (secondary N) is 2. The van der Waals surface area contributed by atoms with E-state index in [0.717, 1.165) is 38.8 Å². The van der Waals surface area contributed by atoms with Crippen LogP contribution in [0.3, 0.4) is 0 Å². The molecule has 1 heterocycles. The molecule has 0 spiro atoms. The van der Waals surface area contributed by atoms with Crippen LogP contribution >= 0.6 is 0 Å². The molecule has 88 valence electrons. The lowest BCUT2D eigenvalue weighted by Gasteiger charge is -2.33. The van der Waals surface area contributed by atoms with Gasteiger partial charge in [-0.15, -0.1) is 5.48 Å². The Bertz CT molecular complexity index is 312. The van der Waals surface area contributed by atoms with Gasteiger partial charge in [0, 0.05) is 6.54 Å². The maximum absolute atomic E-state index is 9.25. The minimum atomic E-state index is -0.528. The Kier molecular flexibility index (Phi) is 3.30. The van der Waals surface area contributed by atoms with Gasteiger partial charge in [-0.25, -0.2) is 4.99 Å². The van der Waals surface area contributed by atoms with E-state index in [1.165, 1.54) is 0 Å². The van der Waals surface area contributed by atoms with Crippen molar-refractivity contribution < 1.29 is 4.84 Å². The van der Waals surface area contributed by atoms with Crippen molar-refractivity contribution in [2.75, 3.05) is 13.1 Å². The van der Waals surface area contributed by atoms with Crippen molar-refractivity contribution in [3.8, 4) is 6.07 Å². The zero-order chi connectivity index (χ0) is 11.4. The number of hydroxylamine groups is 1. The molecule has 16 heavy (non-hydrogen) atoms. The molecule has 0 saturated heterocycles. The number of aliphatic imine (C=N–C) groups is 1. The number of hydrogen-bond donors (Lipinski definition) is 2. The van der Waals surface area contributed by atoms with Gasteiger partial charge in [-0.1, -0.05) is 6.92 Å². The van der Waals surface area contributed by atoms with Gasteiger partial charge in [-0.05, 0) is 31.6 Å². The smallest absolute Gasteiger partial charge is 0.305 e. The molecule has 0 atom stereocenters. The summed E-state index contributed by atoms with van der Waals surface area (Å²) >= 11 is 0. The highest BCUT2D eigenvalue weighted by molar-refractivity contribution is 5.74. The van der Waals surface area contributed by atoms with Crippen molar-refractivity contribution in [2.45, 2.75) is 38.1 Å². The van der Waals surface area contributed by atoms with Crippen molar-refractivity contribution in [3.05, 3.63) is 0 Å². The minimum absolute atomic E-state index is 0.508. The van der Waals surface area contributed by atoms with Crippen LogP contribution in [-0.2, 0) is 4.84 Å². The van der Waals surface area contributed by atoms with E-state index < -0.39 is 5.54 Å². The second-order valence-corrected chi connectivity index (χ2v) is 4.69. The Labute approximate surface area is 95.8 Å². The molecule has 1 fully saturated rings. The maximum atomic E-state index is 9.25. The molecule has 0 bridgehead atoms. The minimum Gasteiger partial charge on any atom is -0.369 e. The fourth-order valence-electron chi connectivity index (χ4n) is 2.08. The molecule has 5 heteroatoms. The predicted molar refractivity (Wildman–Crippen MR) is 60.5 cm³/mol. The molecular formula is C11H18N4O. The largest absolute Gasteiger partial charge is 0.369 e. The molecule has 1 saturated carbocycles. The summed E-state index contributed by atoms with van der Waals surface area (Å²) in [4.78, 5) is 9.45. The van der Waals surface area contributed by atoms with Crippen LogP contribution in [-0.4, -0.2) is 24.7 Å². The SMILES string of the molecule is CC1CCC(C#N)(NOC2=NCCN2)CC1. The molecule has 2 N–H and O–H groups in total. The van der Waals surface area contributed by atoms with Crippen molar-refractivity contribution in [2.24, 2.45) is 10.9 Å². The number of nitrogens with zero attached hydrogens (tertiary/aromatic N) is 2. The molecular weight excluding hydrogens is 204 g/mol. The molecule has 0 aromatic carbocycles. The molecule has 0 unspecified atom stereocenters. The zero-order valence-corrected chi connectivity index (χ0v) is 9.62. The van der Waals surface area contributed by atoms with Gasteiger partial charge in [0.2, 0.25) is 0 Å². The fraction of sp³-hybridized carbons (Fsp3) is 0.818. The molecule has 1 aliphatic carbocycles. The van der Waals surface area contributed by atoms with Crippen molar-refractivity contribution in [1.29, 1.82) is 5.26 Å². The lowest BCUT2D eigenvalue weighted by molar-refractivity contribution is 0.0694. The average Bonchev–Trinajstić information content (AvgIpc) is 2.82. The van der Waals surface area contributed by atoms with E-state index in [1.54, 1.807) is 0 Å². The molecule has 0 radical (unpaired) electrons. The topological polar surface area (TPSA) is 69.4 Å². The van der Waals surface area contributed by atoms with E-state index in [-0.39, 0.29) is 0 Å². The summed E-state index contributed by atoms with van der Waals surface area (Å²) in [5, 5.41) is 12.3. The van der Waals surface area contributed by atoms with Gasteiger partial charge in [-0.2, -0.15) is 5.26 Å². The zero-order valence-electron chi connectivity index (χ0n) is 9.62. The lowest BCUT2D eigenvalue weighted by Crippen LogP contribution is -2.48. The third kappa shape index (κ3) is 2.45. The van der Waals surface area contributed by atoms with Gasteiger partial charge in [0.15, 0.2) is 0 Å². The highest BCUT2D eigenvalue weighted by Gasteiger charge is 2.35. The summed E-state index contributed by atoms with van der Waals surface area (Å²) in [5.41, 5.74) is 2.36. The third-order valence-corrected chi connectivity index (χ3v) is 3.33. The summed E-state index contributed by atoms with van der Waals surface area (Å²) in [7, 11) is 0. The Morgan fingerprint density at radius 2 is 2.31 bits per heavy atom. The number of amidine groups is 1. The van der Waals surface area contributed by atoms with Crippen LogP contribution in [0.2, 0.25) is 0 Å². The average molecular weight is 222 g/mol. The van der Waals surface area contributed by atoms with E-state index in [0.29, 0.717) is 11.9 Å². The van der Waals surface area contributed by atoms with Crippen molar-refractivity contribution in [1.82, 2.24) is 10.8 Å². The standard InChI is InChI=1S/C11H18N4O/c1-9-2-4-11(8-12,5-3-9)15-16-10-13-6-7-14-10/h9,15H,2-7H2,1H3,(H,13,14). The second-order valence-electron chi connectivity index (χ2n) is 4.69. The van der Waals surface area contributed by atoms with Crippen LogP contribution in [0.15, 0.2) is 4.99 Å². The van der Waals surface area contributed by atoms with Crippen LogP contribution in [0.25, 0.3) is 0 Å². The van der Waals surface area contributed by atoms with Crippen LogP contribution in [0, 0.1) is 17.2 Å². The highest BCUT2D eigenvalue weighted by atomic mass is 16.7. The first-order chi connectivity index (χ1) is 7.74. The number of rotatable bonds is 2. The molecule has 2 rings (SSSR count). The van der Waals surface area contributed by atoms with Crippen LogP contribution in [0.5, 0.6) is 0 Å². The summed E-state index contributed by atoms with van der Waals surface area (Å²) in [6, 6.07) is 2.85. The first kappa shape index (κ1) is 11.2. The fourth-order valence-corrected chi connectivity index (χ4v) is 2.08. The maximum Gasteiger partial charge on any atom is 0.305 e. The lowest BCUT2D eigenvalue weighted by atomic mass is 9.78. The Hall–Kier alpha value is -1.28. The van der Waals surface area contributed by atoms with Gasteiger partial charge >= 0.3 is 6.02 Å². The monoisotopic (exact) mass is 222 g/mol. The van der Waals surface area contributed by atoms with Gasteiger partial charge in [0.05, 0.1) is 12.6 Å². The van der Waals surface area contributed by atoms with Crippen molar-refractivity contribution in [3.63, 3.8) is 0 Å². The van der Waals surface area contributed by atoms with E-state index in [9.17, 15) is 5.26 Å². The predicted octanol–water partition coefficient (Wildman–Crippen LogP) is 0.939. The van der Waals surface area contributed by atoms with E-state index in [4.69, 9.17) is 4.84 Å². The van der Waals surface area contributed by atoms with Crippen molar-refractivity contribution >= 4 is 6.02 Å². The normalized spacial score (nSPS) is 33.8. The number of hydrogen-bond acceptors (Lipinski definition) is 5. The molecule has 5 nitrogen and oxygen atoms in total. The van der Waals surface area contributed by atoms with Gasteiger partial charge in [0.25, 0.3) is 0 Å². The molecule has 1 aliphatic heterocycles. The molecule has 0 aromatic heterocycles. The number of nitriles is 1. The molecule has 2 aliphatic rings. The van der Waals surface area contributed by atoms with Gasteiger partial charge < -0.3 is 10.2 Å². The summed E-state index contributed by atoms with van der Waals surface area (Å²) in [5.74, 6) is 0.713. The van der Waals surface area contributed by atoms with E-state index in [1.807, 2.05) is 0 Å². The Balaban J connectivity index is 1.87. The molecule has 0 aromatic rings. The van der Waals surface area contributed by atoms with Crippen LogP contribution in [0.4, 0.5) is 0 Å². The van der Waals surface area contributed by atoms with E-state index >= 15 is 0 Å². The summed E-state index contributed by atoms with van der Waals surface area (Å²) < 4.78 is 0. The van der Waals surface area contributed by atoms with E-state index in [2.05, 4.69) is 28.8 Å². The second kappa shape index (κ2) is 4.71. The third-order valence-electron chi connectivity index (χ3n) is 3.33. The first-order valence-corrected chi connectivity index (χ1v) is 5.88. The Morgan fingerprint density at radius 3 is 2.88 bits per heavy atom. The summed E-state index contributed by atoms with van der Waals surface area (Å²) in [6.07, 6.45) is 3.84. The van der Waals surface area contributed by atoms with Crippen LogP contribution in [0.1, 0.15) is 32.6 Å².